The molecule has 0 unspecified atom stereocenters. The molecule has 3 aromatic rings. The monoisotopic (exact) mass is 403 g/mol. The highest BCUT2D eigenvalue weighted by molar-refractivity contribution is 6.07. The maximum atomic E-state index is 13.1. The van der Waals surface area contributed by atoms with Gasteiger partial charge in [0.25, 0.3) is 11.8 Å². The first kappa shape index (κ1) is 19.6. The number of hydrogen-bond acceptors (Lipinski definition) is 5. The van der Waals surface area contributed by atoms with Gasteiger partial charge >= 0.3 is 5.97 Å². The van der Waals surface area contributed by atoms with Crippen LogP contribution in [0, 0.1) is 0 Å². The van der Waals surface area contributed by atoms with Crippen LogP contribution in [0.25, 0.3) is 10.8 Å². The molecule has 0 N–H and O–H groups in total. The standard InChI is InChI=1S/C23H21N3O4/c1-30-23(29)17-9-10-20(24-15-17)22(28)26-13-11-25(12-14-26)21(27)19-8-4-6-16-5-2-3-7-18(16)19/h2-10,15H,11-14H2,1H3. The molecule has 1 aliphatic heterocycles. The maximum absolute atomic E-state index is 13.1. The van der Waals surface area contributed by atoms with Crippen LogP contribution in [0.15, 0.2) is 60.8 Å². The van der Waals surface area contributed by atoms with E-state index in [2.05, 4.69) is 9.72 Å². The predicted molar refractivity (Wildman–Crippen MR) is 111 cm³/mol. The molecule has 1 aromatic heterocycles. The Hall–Kier alpha value is -3.74. The number of piperazine rings is 1. The van der Waals surface area contributed by atoms with Crippen molar-refractivity contribution in [2.45, 2.75) is 0 Å². The molecule has 0 saturated carbocycles. The number of pyridine rings is 1. The van der Waals surface area contributed by atoms with Crippen LogP contribution in [0.3, 0.4) is 0 Å². The van der Waals surface area contributed by atoms with Crippen molar-refractivity contribution in [3.8, 4) is 0 Å². The highest BCUT2D eigenvalue weighted by Crippen LogP contribution is 2.21. The molecule has 1 saturated heterocycles. The fourth-order valence-electron chi connectivity index (χ4n) is 3.62. The van der Waals surface area contributed by atoms with E-state index in [0.29, 0.717) is 37.3 Å². The number of nitrogens with zero attached hydrogens (tertiary/aromatic N) is 3. The van der Waals surface area contributed by atoms with Gasteiger partial charge in [-0.25, -0.2) is 4.79 Å². The van der Waals surface area contributed by atoms with E-state index in [4.69, 9.17) is 0 Å². The fourth-order valence-corrected chi connectivity index (χ4v) is 3.62. The Labute approximate surface area is 173 Å². The number of carbonyl (C=O) groups is 3. The van der Waals surface area contributed by atoms with Gasteiger partial charge in [0, 0.05) is 37.9 Å². The number of ether oxygens (including phenoxy) is 1. The molecule has 0 radical (unpaired) electrons. The average Bonchev–Trinajstić information content (AvgIpc) is 2.82. The molecule has 152 valence electrons. The SMILES string of the molecule is COC(=O)c1ccc(C(=O)N2CCN(C(=O)c3cccc4ccccc34)CC2)nc1. The molecule has 7 heteroatoms. The number of fused-ring (bicyclic) bond motifs is 1. The molecule has 2 heterocycles. The lowest BCUT2D eigenvalue weighted by Crippen LogP contribution is -2.50. The minimum atomic E-state index is -0.498. The number of benzene rings is 2. The second-order valence-corrected chi connectivity index (χ2v) is 7.03. The van der Waals surface area contributed by atoms with Crippen molar-refractivity contribution in [1.29, 1.82) is 0 Å². The van der Waals surface area contributed by atoms with Gasteiger partial charge in [0.1, 0.15) is 5.69 Å². The number of esters is 1. The normalized spacial score (nSPS) is 13.9. The molecule has 0 atom stereocenters. The van der Waals surface area contributed by atoms with Gasteiger partial charge in [-0.3, -0.25) is 14.6 Å². The topological polar surface area (TPSA) is 79.8 Å². The summed E-state index contributed by atoms with van der Waals surface area (Å²) < 4.78 is 4.64. The first-order chi connectivity index (χ1) is 14.6. The summed E-state index contributed by atoms with van der Waals surface area (Å²) >= 11 is 0. The van der Waals surface area contributed by atoms with Crippen molar-refractivity contribution in [3.05, 3.63) is 77.6 Å². The molecule has 4 rings (SSSR count). The molecule has 2 amide bonds. The van der Waals surface area contributed by atoms with E-state index in [1.54, 1.807) is 9.80 Å². The van der Waals surface area contributed by atoms with Crippen molar-refractivity contribution < 1.29 is 19.1 Å². The summed E-state index contributed by atoms with van der Waals surface area (Å²) in [5.41, 5.74) is 1.23. The largest absolute Gasteiger partial charge is 0.465 e. The summed E-state index contributed by atoms with van der Waals surface area (Å²) in [4.78, 5) is 44.8. The first-order valence-corrected chi connectivity index (χ1v) is 9.69. The van der Waals surface area contributed by atoms with Crippen LogP contribution in [0.4, 0.5) is 0 Å². The molecule has 1 fully saturated rings. The number of carbonyl (C=O) groups excluding carboxylic acids is 3. The summed E-state index contributed by atoms with van der Waals surface area (Å²) in [6, 6.07) is 16.6. The van der Waals surface area contributed by atoms with Crippen molar-refractivity contribution in [2.24, 2.45) is 0 Å². The van der Waals surface area contributed by atoms with Gasteiger partial charge in [-0.1, -0.05) is 36.4 Å². The molecule has 0 bridgehead atoms. The summed E-state index contributed by atoms with van der Waals surface area (Å²) in [5.74, 6) is -0.745. The Kier molecular flexibility index (Phi) is 5.43. The van der Waals surface area contributed by atoms with Crippen LogP contribution in [0.2, 0.25) is 0 Å². The molecule has 0 aliphatic carbocycles. The Morgan fingerprint density at radius 1 is 0.833 bits per heavy atom. The van der Waals surface area contributed by atoms with Gasteiger partial charge in [-0.2, -0.15) is 0 Å². The minimum absolute atomic E-state index is 0.0283. The smallest absolute Gasteiger partial charge is 0.339 e. The van der Waals surface area contributed by atoms with E-state index in [9.17, 15) is 14.4 Å². The number of amides is 2. The summed E-state index contributed by atoms with van der Waals surface area (Å²) in [7, 11) is 1.29. The van der Waals surface area contributed by atoms with Crippen molar-refractivity contribution in [3.63, 3.8) is 0 Å². The zero-order valence-electron chi connectivity index (χ0n) is 16.6. The molecule has 30 heavy (non-hydrogen) atoms. The average molecular weight is 403 g/mol. The van der Waals surface area contributed by atoms with Crippen molar-refractivity contribution in [2.75, 3.05) is 33.3 Å². The third-order valence-electron chi connectivity index (χ3n) is 5.28. The van der Waals surface area contributed by atoms with Crippen LogP contribution in [-0.2, 0) is 4.74 Å². The number of hydrogen-bond donors (Lipinski definition) is 0. The predicted octanol–water partition coefficient (Wildman–Crippen LogP) is 2.62. The lowest BCUT2D eigenvalue weighted by molar-refractivity contribution is 0.0533. The quantitative estimate of drug-likeness (QED) is 0.628. The van der Waals surface area contributed by atoms with Crippen LogP contribution in [0.1, 0.15) is 31.2 Å². The number of methoxy groups -OCH3 is 1. The van der Waals surface area contributed by atoms with E-state index in [0.717, 1.165) is 10.8 Å². The lowest BCUT2D eigenvalue weighted by atomic mass is 10.0. The highest BCUT2D eigenvalue weighted by atomic mass is 16.5. The second-order valence-electron chi connectivity index (χ2n) is 7.03. The van der Waals surface area contributed by atoms with E-state index in [-0.39, 0.29) is 17.5 Å². The zero-order chi connectivity index (χ0) is 21.1. The Morgan fingerprint density at radius 3 is 2.17 bits per heavy atom. The van der Waals surface area contributed by atoms with Crippen LogP contribution in [0.5, 0.6) is 0 Å². The van der Waals surface area contributed by atoms with Gasteiger partial charge in [0.05, 0.1) is 12.7 Å². The lowest BCUT2D eigenvalue weighted by Gasteiger charge is -2.34. The minimum Gasteiger partial charge on any atom is -0.465 e. The van der Waals surface area contributed by atoms with Gasteiger partial charge in [-0.15, -0.1) is 0 Å². The summed E-state index contributed by atoms with van der Waals surface area (Å²) in [5, 5.41) is 1.96. The van der Waals surface area contributed by atoms with Crippen LogP contribution in [-0.4, -0.2) is 65.9 Å². The molecular weight excluding hydrogens is 382 g/mol. The van der Waals surface area contributed by atoms with Crippen LogP contribution < -0.4 is 0 Å². The van der Waals surface area contributed by atoms with E-state index < -0.39 is 5.97 Å². The Balaban J connectivity index is 1.42. The van der Waals surface area contributed by atoms with Gasteiger partial charge < -0.3 is 14.5 Å². The molecule has 7 nitrogen and oxygen atoms in total. The first-order valence-electron chi connectivity index (χ1n) is 9.69. The zero-order valence-corrected chi connectivity index (χ0v) is 16.6. The number of rotatable bonds is 3. The molecule has 2 aromatic carbocycles. The third-order valence-corrected chi connectivity index (χ3v) is 5.28. The summed E-state index contributed by atoms with van der Waals surface area (Å²) in [6.45, 7) is 1.76. The molecular formula is C23H21N3O4. The van der Waals surface area contributed by atoms with E-state index >= 15 is 0 Å². The Bertz CT molecular complexity index is 1100. The second kappa shape index (κ2) is 8.32. The van der Waals surface area contributed by atoms with Gasteiger partial charge in [0.2, 0.25) is 0 Å². The maximum Gasteiger partial charge on any atom is 0.339 e. The fraction of sp³-hybridized carbons (Fsp3) is 0.217. The van der Waals surface area contributed by atoms with Crippen molar-refractivity contribution >= 4 is 28.6 Å². The third kappa shape index (κ3) is 3.74. The molecule has 1 aliphatic rings. The van der Waals surface area contributed by atoms with Gasteiger partial charge in [-0.05, 0) is 29.0 Å². The summed E-state index contributed by atoms with van der Waals surface area (Å²) in [6.07, 6.45) is 1.33. The van der Waals surface area contributed by atoms with Crippen molar-refractivity contribution in [1.82, 2.24) is 14.8 Å². The van der Waals surface area contributed by atoms with Gasteiger partial charge in [0.15, 0.2) is 0 Å². The highest BCUT2D eigenvalue weighted by Gasteiger charge is 2.27. The van der Waals surface area contributed by atoms with Crippen LogP contribution >= 0.6 is 0 Å². The Morgan fingerprint density at radius 2 is 1.50 bits per heavy atom. The van der Waals surface area contributed by atoms with E-state index in [1.165, 1.54) is 25.4 Å². The molecule has 0 spiro atoms. The van der Waals surface area contributed by atoms with E-state index in [1.807, 2.05) is 42.5 Å². The number of aromatic nitrogens is 1.